The fraction of sp³-hybridized carbons (Fsp3) is 0.414. The minimum absolute atomic E-state index is 0.0717. The second-order valence-corrected chi connectivity index (χ2v) is 10.2. The molecule has 2 heterocycles. The van der Waals surface area contributed by atoms with Crippen molar-refractivity contribution in [3.05, 3.63) is 70.0 Å². The van der Waals surface area contributed by atoms with Gasteiger partial charge in [-0.15, -0.1) is 0 Å². The van der Waals surface area contributed by atoms with E-state index in [2.05, 4.69) is 4.98 Å². The molecule has 1 aromatic carbocycles. The number of phenols is 1. The molecule has 2 aliphatic rings. The molecule has 0 radical (unpaired) electrons. The number of aromatic nitrogens is 1. The third-order valence-corrected chi connectivity index (χ3v) is 7.74. The standard InChI is InChI=1S/C29H33ClN2O5/c1-3-12-32-28(36)21-13-17(2)26(22(16-33)27(21)29(32)37)25(35)10-8-19(24-6-4-5-11-31-24)14-18-7-9-20(34)15-23(18)30/h4-7,9,11,14-15,21-22,25,27,33-35H,3,8,10,12-13,16H2,1-2H3/b19-14-/t21-,22+,25-,27-/m1/s1. The molecule has 1 aliphatic heterocycles. The highest BCUT2D eigenvalue weighted by atomic mass is 35.5. The van der Waals surface area contributed by atoms with E-state index < -0.39 is 23.9 Å². The Morgan fingerprint density at radius 3 is 2.68 bits per heavy atom. The van der Waals surface area contributed by atoms with Crippen LogP contribution in [0, 0.1) is 17.8 Å². The third-order valence-electron chi connectivity index (χ3n) is 7.42. The van der Waals surface area contributed by atoms with Gasteiger partial charge in [-0.2, -0.15) is 0 Å². The number of carbonyl (C=O) groups is 2. The number of hydrogen-bond donors (Lipinski definition) is 3. The Kier molecular flexibility index (Phi) is 8.47. The SMILES string of the molecule is CCCN1C(=O)[C@@H]2[C@@H](CC(C)=C([C@H](O)CC/C(=C/c3ccc(O)cc3Cl)c3ccccn3)[C@@H]2CO)C1=O. The van der Waals surface area contributed by atoms with Crippen LogP contribution in [-0.2, 0) is 9.59 Å². The van der Waals surface area contributed by atoms with Crippen LogP contribution in [0.4, 0.5) is 0 Å². The number of allylic oxidation sites excluding steroid dienone is 2. The van der Waals surface area contributed by atoms with Crippen molar-refractivity contribution in [2.75, 3.05) is 13.2 Å². The smallest absolute Gasteiger partial charge is 0.233 e. The molecule has 1 aromatic heterocycles. The number of halogens is 1. The monoisotopic (exact) mass is 524 g/mol. The number of amides is 2. The molecule has 0 saturated carbocycles. The van der Waals surface area contributed by atoms with E-state index in [4.69, 9.17) is 11.6 Å². The number of aromatic hydroxyl groups is 1. The van der Waals surface area contributed by atoms with E-state index in [1.807, 2.05) is 38.1 Å². The second kappa shape index (κ2) is 11.6. The third kappa shape index (κ3) is 5.49. The molecule has 4 rings (SSSR count). The summed E-state index contributed by atoms with van der Waals surface area (Å²) in [5.74, 6) is -2.06. The molecule has 196 valence electrons. The zero-order valence-electron chi connectivity index (χ0n) is 21.1. The molecule has 1 fully saturated rings. The summed E-state index contributed by atoms with van der Waals surface area (Å²) in [6.07, 6.45) is 4.55. The summed E-state index contributed by atoms with van der Waals surface area (Å²) >= 11 is 6.34. The zero-order chi connectivity index (χ0) is 26.7. The van der Waals surface area contributed by atoms with Crippen LogP contribution in [0.3, 0.4) is 0 Å². The van der Waals surface area contributed by atoms with Gasteiger partial charge in [-0.25, -0.2) is 0 Å². The number of nitrogens with zero attached hydrogens (tertiary/aromatic N) is 2. The van der Waals surface area contributed by atoms with Crippen molar-refractivity contribution < 1.29 is 24.9 Å². The molecular formula is C29H33ClN2O5. The lowest BCUT2D eigenvalue weighted by Gasteiger charge is -2.35. The first-order valence-corrected chi connectivity index (χ1v) is 13.1. The number of phenolic OH excluding ortho intramolecular Hbond substituents is 1. The van der Waals surface area contributed by atoms with Crippen molar-refractivity contribution >= 4 is 35.1 Å². The van der Waals surface area contributed by atoms with Gasteiger partial charge in [-0.3, -0.25) is 19.5 Å². The summed E-state index contributed by atoms with van der Waals surface area (Å²) < 4.78 is 0. The molecule has 0 unspecified atom stereocenters. The lowest BCUT2D eigenvalue weighted by Crippen LogP contribution is -2.38. The van der Waals surface area contributed by atoms with Crippen LogP contribution in [0.15, 0.2) is 53.7 Å². The molecule has 2 aromatic rings. The number of likely N-dealkylation sites (tertiary alicyclic amines) is 1. The summed E-state index contributed by atoms with van der Waals surface area (Å²) in [4.78, 5) is 31.8. The number of carbonyl (C=O) groups excluding carboxylic acids is 2. The van der Waals surface area contributed by atoms with Crippen LogP contribution in [-0.4, -0.2) is 56.3 Å². The maximum absolute atomic E-state index is 13.1. The summed E-state index contributed by atoms with van der Waals surface area (Å²) in [6, 6.07) is 10.3. The van der Waals surface area contributed by atoms with Crippen molar-refractivity contribution in [3.63, 3.8) is 0 Å². The maximum Gasteiger partial charge on any atom is 0.233 e. The number of rotatable bonds is 9. The Morgan fingerprint density at radius 1 is 1.24 bits per heavy atom. The van der Waals surface area contributed by atoms with Crippen molar-refractivity contribution in [3.8, 4) is 5.75 Å². The molecule has 0 bridgehead atoms. The van der Waals surface area contributed by atoms with Gasteiger partial charge >= 0.3 is 0 Å². The van der Waals surface area contributed by atoms with Crippen LogP contribution in [0.25, 0.3) is 11.6 Å². The van der Waals surface area contributed by atoms with Gasteiger partial charge in [0.2, 0.25) is 11.8 Å². The predicted octanol–water partition coefficient (Wildman–Crippen LogP) is 4.46. The molecule has 1 aliphatic carbocycles. The molecule has 37 heavy (non-hydrogen) atoms. The molecular weight excluding hydrogens is 492 g/mol. The van der Waals surface area contributed by atoms with Gasteiger partial charge in [0.05, 0.1) is 35.3 Å². The molecule has 7 nitrogen and oxygen atoms in total. The average Bonchev–Trinajstić information content (AvgIpc) is 3.11. The molecule has 2 amide bonds. The Labute approximate surface area is 222 Å². The number of pyridine rings is 1. The average molecular weight is 525 g/mol. The van der Waals surface area contributed by atoms with Crippen molar-refractivity contribution in [2.45, 2.75) is 45.6 Å². The summed E-state index contributed by atoms with van der Waals surface area (Å²) in [5, 5.41) is 31.8. The number of fused-ring (bicyclic) bond motifs is 1. The van der Waals surface area contributed by atoms with E-state index in [0.29, 0.717) is 48.4 Å². The van der Waals surface area contributed by atoms with Crippen LogP contribution in [0.5, 0.6) is 5.75 Å². The van der Waals surface area contributed by atoms with Crippen molar-refractivity contribution in [2.24, 2.45) is 17.8 Å². The van der Waals surface area contributed by atoms with Crippen molar-refractivity contribution in [1.82, 2.24) is 9.88 Å². The van der Waals surface area contributed by atoms with Gasteiger partial charge in [-0.05, 0) is 85.7 Å². The highest BCUT2D eigenvalue weighted by molar-refractivity contribution is 6.32. The number of imide groups is 1. The molecule has 3 N–H and O–H groups in total. The number of aliphatic hydroxyl groups excluding tert-OH is 2. The van der Waals surface area contributed by atoms with Crippen LogP contribution < -0.4 is 0 Å². The number of benzene rings is 1. The van der Waals surface area contributed by atoms with Crippen LogP contribution >= 0.6 is 11.6 Å². The minimum Gasteiger partial charge on any atom is -0.508 e. The lowest BCUT2D eigenvalue weighted by atomic mass is 9.68. The first-order chi connectivity index (χ1) is 17.8. The maximum atomic E-state index is 13.1. The van der Waals surface area contributed by atoms with Crippen LogP contribution in [0.2, 0.25) is 5.02 Å². The fourth-order valence-electron chi connectivity index (χ4n) is 5.72. The van der Waals surface area contributed by atoms with E-state index in [1.54, 1.807) is 18.3 Å². The molecule has 0 spiro atoms. The first kappa shape index (κ1) is 27.0. The fourth-order valence-corrected chi connectivity index (χ4v) is 5.95. The first-order valence-electron chi connectivity index (χ1n) is 12.7. The highest BCUT2D eigenvalue weighted by Crippen LogP contribution is 2.46. The largest absolute Gasteiger partial charge is 0.508 e. The van der Waals surface area contributed by atoms with E-state index in [-0.39, 0.29) is 24.2 Å². The van der Waals surface area contributed by atoms with Gasteiger partial charge in [0.15, 0.2) is 0 Å². The van der Waals surface area contributed by atoms with E-state index in [0.717, 1.165) is 16.8 Å². The van der Waals surface area contributed by atoms with Gasteiger partial charge in [0.1, 0.15) is 5.75 Å². The highest BCUT2D eigenvalue weighted by Gasteiger charge is 2.54. The van der Waals surface area contributed by atoms with E-state index in [1.165, 1.54) is 11.0 Å². The summed E-state index contributed by atoms with van der Waals surface area (Å²) in [7, 11) is 0. The van der Waals surface area contributed by atoms with Gasteiger partial charge in [-0.1, -0.05) is 30.2 Å². The predicted molar refractivity (Wildman–Crippen MR) is 142 cm³/mol. The second-order valence-electron chi connectivity index (χ2n) is 9.83. The zero-order valence-corrected chi connectivity index (χ0v) is 21.9. The Hall–Kier alpha value is -3.00. The van der Waals surface area contributed by atoms with Gasteiger partial charge < -0.3 is 15.3 Å². The van der Waals surface area contributed by atoms with E-state index in [9.17, 15) is 24.9 Å². The van der Waals surface area contributed by atoms with E-state index >= 15 is 0 Å². The lowest BCUT2D eigenvalue weighted by molar-refractivity contribution is -0.140. The van der Waals surface area contributed by atoms with Gasteiger partial charge in [0, 0.05) is 18.7 Å². The summed E-state index contributed by atoms with van der Waals surface area (Å²) in [5.41, 5.74) is 3.81. The number of aliphatic hydroxyl groups is 2. The normalized spacial score (nSPS) is 23.0. The molecule has 4 atom stereocenters. The topological polar surface area (TPSA) is 111 Å². The molecule has 1 saturated heterocycles. The van der Waals surface area contributed by atoms with Crippen molar-refractivity contribution in [1.29, 1.82) is 0 Å². The van der Waals surface area contributed by atoms with Gasteiger partial charge in [0.25, 0.3) is 0 Å². The Balaban J connectivity index is 1.60. The number of hydrogen-bond acceptors (Lipinski definition) is 6. The minimum atomic E-state index is -0.899. The Morgan fingerprint density at radius 2 is 2.03 bits per heavy atom. The van der Waals surface area contributed by atoms with Crippen LogP contribution in [0.1, 0.15) is 50.8 Å². The molecule has 8 heteroatoms. The quantitative estimate of drug-likeness (QED) is 0.330. The Bertz CT molecular complexity index is 1230. The summed E-state index contributed by atoms with van der Waals surface area (Å²) in [6.45, 7) is 3.86.